The Kier molecular flexibility index (Phi) is 4.09. The number of hydrogen-bond donors (Lipinski definition) is 1. The molecule has 1 aliphatic heterocycles. The van der Waals surface area contributed by atoms with E-state index in [1.807, 2.05) is 36.4 Å². The summed E-state index contributed by atoms with van der Waals surface area (Å²) in [7, 11) is 0. The van der Waals surface area contributed by atoms with Crippen LogP contribution in [-0.2, 0) is 0 Å². The molecule has 3 rings (SSSR count). The molecular weight excluding hydrogens is 407 g/mol. The van der Waals surface area contributed by atoms with Crippen LogP contribution >= 0.6 is 43.5 Å². The van der Waals surface area contributed by atoms with E-state index < -0.39 is 6.10 Å². The van der Waals surface area contributed by atoms with Crippen LogP contribution in [0.4, 0.5) is 0 Å². The third kappa shape index (κ3) is 2.75. The van der Waals surface area contributed by atoms with Gasteiger partial charge in [0.05, 0.1) is 6.10 Å². The van der Waals surface area contributed by atoms with Crippen molar-refractivity contribution in [2.45, 2.75) is 18.6 Å². The number of rotatable bonds is 1. The minimum absolute atomic E-state index is 0.247. The first-order valence-electron chi connectivity index (χ1n) is 6.13. The van der Waals surface area contributed by atoms with Gasteiger partial charge in [0.1, 0.15) is 11.9 Å². The molecule has 2 unspecified atom stereocenters. The van der Waals surface area contributed by atoms with Gasteiger partial charge in [0, 0.05) is 31.5 Å². The highest BCUT2D eigenvalue weighted by atomic mass is 79.9. The fourth-order valence-corrected chi connectivity index (χ4v) is 3.37. The van der Waals surface area contributed by atoms with Crippen LogP contribution in [0.3, 0.4) is 0 Å². The molecule has 2 aromatic rings. The zero-order valence-electron chi connectivity index (χ0n) is 10.3. The Balaban J connectivity index is 1.99. The van der Waals surface area contributed by atoms with Gasteiger partial charge in [0.2, 0.25) is 0 Å². The van der Waals surface area contributed by atoms with Gasteiger partial charge in [0.25, 0.3) is 0 Å². The second kappa shape index (κ2) is 5.68. The Hall–Kier alpha value is -0.550. The zero-order valence-corrected chi connectivity index (χ0v) is 14.2. The quantitative estimate of drug-likeness (QED) is 0.670. The Morgan fingerprint density at radius 1 is 1.05 bits per heavy atom. The molecule has 0 saturated carbocycles. The van der Waals surface area contributed by atoms with Crippen molar-refractivity contribution in [1.29, 1.82) is 0 Å². The van der Waals surface area contributed by atoms with Crippen molar-refractivity contribution in [3.8, 4) is 5.75 Å². The number of fused-ring (bicyclic) bond motifs is 1. The number of benzene rings is 2. The lowest BCUT2D eigenvalue weighted by Gasteiger charge is -2.30. The van der Waals surface area contributed by atoms with Crippen molar-refractivity contribution < 1.29 is 9.84 Å². The average molecular weight is 419 g/mol. The lowest BCUT2D eigenvalue weighted by Crippen LogP contribution is -2.19. The third-order valence-electron chi connectivity index (χ3n) is 3.34. The molecule has 0 fully saturated rings. The molecule has 2 aromatic carbocycles. The zero-order chi connectivity index (χ0) is 14.3. The van der Waals surface area contributed by atoms with E-state index in [4.69, 9.17) is 16.3 Å². The average Bonchev–Trinajstić information content (AvgIpc) is 2.42. The van der Waals surface area contributed by atoms with Crippen LogP contribution in [0.15, 0.2) is 45.3 Å². The number of ether oxygens (including phenoxy) is 1. The van der Waals surface area contributed by atoms with Gasteiger partial charge >= 0.3 is 0 Å². The number of hydrogen-bond acceptors (Lipinski definition) is 2. The summed E-state index contributed by atoms with van der Waals surface area (Å²) in [4.78, 5) is 0. The topological polar surface area (TPSA) is 29.5 Å². The Bertz CT molecular complexity index is 660. The summed E-state index contributed by atoms with van der Waals surface area (Å²) >= 11 is 13.1. The smallest absolute Gasteiger partial charge is 0.128 e. The Morgan fingerprint density at radius 2 is 1.70 bits per heavy atom. The van der Waals surface area contributed by atoms with Gasteiger partial charge in [-0.05, 0) is 36.4 Å². The van der Waals surface area contributed by atoms with Crippen LogP contribution in [0, 0.1) is 0 Å². The minimum atomic E-state index is -0.559. The van der Waals surface area contributed by atoms with Crippen LogP contribution < -0.4 is 4.74 Å². The summed E-state index contributed by atoms with van der Waals surface area (Å²) in [5.41, 5.74) is 1.69. The fourth-order valence-electron chi connectivity index (χ4n) is 2.37. The second-order valence-corrected chi connectivity index (χ2v) is 6.94. The van der Waals surface area contributed by atoms with Crippen LogP contribution in [0.1, 0.15) is 29.8 Å². The van der Waals surface area contributed by atoms with Gasteiger partial charge in [-0.1, -0.05) is 43.5 Å². The maximum atomic E-state index is 10.3. The van der Waals surface area contributed by atoms with E-state index >= 15 is 0 Å². The number of halogens is 3. The van der Waals surface area contributed by atoms with E-state index in [0.717, 1.165) is 20.1 Å². The predicted molar refractivity (Wildman–Crippen MR) is 86.2 cm³/mol. The van der Waals surface area contributed by atoms with Crippen molar-refractivity contribution in [3.63, 3.8) is 0 Å². The highest BCUT2D eigenvalue weighted by Gasteiger charge is 2.29. The molecule has 1 N–H and O–H groups in total. The molecule has 0 amide bonds. The summed E-state index contributed by atoms with van der Waals surface area (Å²) in [6, 6.07) is 11.3. The summed E-state index contributed by atoms with van der Waals surface area (Å²) in [6.07, 6.45) is -0.320. The van der Waals surface area contributed by atoms with E-state index in [1.165, 1.54) is 0 Å². The normalized spacial score (nSPS) is 21.2. The van der Waals surface area contributed by atoms with Gasteiger partial charge < -0.3 is 9.84 Å². The number of aliphatic hydroxyl groups is 1. The first-order valence-corrected chi connectivity index (χ1v) is 8.10. The molecule has 2 atom stereocenters. The maximum Gasteiger partial charge on any atom is 0.128 e. The molecule has 1 heterocycles. The molecule has 0 radical (unpaired) electrons. The molecular formula is C15H11Br2ClO2. The highest BCUT2D eigenvalue weighted by molar-refractivity contribution is 9.10. The first-order chi connectivity index (χ1) is 9.54. The van der Waals surface area contributed by atoms with E-state index in [9.17, 15) is 5.11 Å². The summed E-state index contributed by atoms with van der Waals surface area (Å²) in [6.45, 7) is 0. The van der Waals surface area contributed by atoms with Crippen molar-refractivity contribution >= 4 is 43.5 Å². The monoisotopic (exact) mass is 416 g/mol. The predicted octanol–water partition coefficient (Wildman–Crippen LogP) is 5.42. The van der Waals surface area contributed by atoms with E-state index in [1.54, 1.807) is 0 Å². The van der Waals surface area contributed by atoms with Gasteiger partial charge in [-0.15, -0.1) is 0 Å². The van der Waals surface area contributed by atoms with Crippen LogP contribution in [0.25, 0.3) is 0 Å². The van der Waals surface area contributed by atoms with Crippen molar-refractivity contribution in [2.75, 3.05) is 0 Å². The standard InChI is InChI=1S/C15H11Br2ClO2/c16-8-1-3-12(18)10(5-8)15-7-13(19)11-6-9(17)2-4-14(11)20-15/h1-6,13,15,19H,7H2. The van der Waals surface area contributed by atoms with E-state index in [2.05, 4.69) is 31.9 Å². The molecule has 20 heavy (non-hydrogen) atoms. The van der Waals surface area contributed by atoms with Gasteiger partial charge in [-0.2, -0.15) is 0 Å². The first kappa shape index (κ1) is 14.4. The highest BCUT2D eigenvalue weighted by Crippen LogP contribution is 2.43. The van der Waals surface area contributed by atoms with Crippen molar-refractivity contribution in [1.82, 2.24) is 0 Å². The van der Waals surface area contributed by atoms with E-state index in [-0.39, 0.29) is 6.10 Å². The molecule has 1 aliphatic rings. The maximum absolute atomic E-state index is 10.3. The molecule has 104 valence electrons. The molecule has 0 aromatic heterocycles. The lowest BCUT2D eigenvalue weighted by molar-refractivity contribution is 0.0657. The minimum Gasteiger partial charge on any atom is -0.485 e. The molecule has 0 saturated heterocycles. The summed E-state index contributed by atoms with van der Waals surface area (Å²) in [5.74, 6) is 0.702. The fraction of sp³-hybridized carbons (Fsp3) is 0.200. The van der Waals surface area contributed by atoms with Crippen LogP contribution in [-0.4, -0.2) is 5.11 Å². The van der Waals surface area contributed by atoms with Gasteiger partial charge in [-0.3, -0.25) is 0 Å². The lowest BCUT2D eigenvalue weighted by atomic mass is 9.95. The van der Waals surface area contributed by atoms with Crippen LogP contribution in [0.2, 0.25) is 5.02 Å². The van der Waals surface area contributed by atoms with Gasteiger partial charge in [0.15, 0.2) is 0 Å². The molecule has 0 spiro atoms. The molecule has 0 aliphatic carbocycles. The molecule has 5 heteroatoms. The van der Waals surface area contributed by atoms with Crippen molar-refractivity contribution in [3.05, 3.63) is 61.5 Å². The molecule has 0 bridgehead atoms. The SMILES string of the molecule is OC1CC(c2cc(Br)ccc2Cl)Oc2ccc(Br)cc21. The Morgan fingerprint density at radius 3 is 2.45 bits per heavy atom. The van der Waals surface area contributed by atoms with Crippen molar-refractivity contribution in [2.24, 2.45) is 0 Å². The van der Waals surface area contributed by atoms with Crippen LogP contribution in [0.5, 0.6) is 5.75 Å². The third-order valence-corrected chi connectivity index (χ3v) is 4.67. The van der Waals surface area contributed by atoms with Gasteiger partial charge in [-0.25, -0.2) is 0 Å². The van der Waals surface area contributed by atoms with E-state index in [0.29, 0.717) is 17.2 Å². The summed E-state index contributed by atoms with van der Waals surface area (Å²) < 4.78 is 7.86. The largest absolute Gasteiger partial charge is 0.485 e. The summed E-state index contributed by atoms with van der Waals surface area (Å²) in [5, 5.41) is 11.0. The second-order valence-electron chi connectivity index (χ2n) is 4.71. The molecule has 2 nitrogen and oxygen atoms in total. The number of aliphatic hydroxyl groups excluding tert-OH is 1. The Labute approximate surface area is 139 Å².